The van der Waals surface area contributed by atoms with Crippen LogP contribution >= 0.6 is 0 Å². The molecule has 0 aliphatic rings. The standard InChI is InChI=1S/C10H12FN/c1-2-3-10(12)8-4-6-9(11)7-5-8/h3-7H,2,12H2,1H3/b10-3-. The Morgan fingerprint density at radius 2 is 2.00 bits per heavy atom. The molecule has 1 aromatic rings. The number of benzene rings is 1. The minimum atomic E-state index is -0.233. The quantitative estimate of drug-likeness (QED) is 0.716. The van der Waals surface area contributed by atoms with E-state index in [2.05, 4.69) is 0 Å². The molecule has 0 amide bonds. The number of rotatable bonds is 2. The molecule has 0 spiro atoms. The van der Waals surface area contributed by atoms with E-state index in [4.69, 9.17) is 5.73 Å². The zero-order valence-electron chi connectivity index (χ0n) is 7.05. The van der Waals surface area contributed by atoms with E-state index in [0.717, 1.165) is 12.0 Å². The van der Waals surface area contributed by atoms with Gasteiger partial charge in [0.15, 0.2) is 0 Å². The van der Waals surface area contributed by atoms with Crippen LogP contribution in [0.4, 0.5) is 4.39 Å². The fourth-order valence-electron chi connectivity index (χ4n) is 0.980. The SMILES string of the molecule is CC/C=C(\N)c1ccc(F)cc1. The second-order valence-corrected chi connectivity index (χ2v) is 2.57. The predicted molar refractivity (Wildman–Crippen MR) is 48.9 cm³/mol. The van der Waals surface area contributed by atoms with Crippen LogP contribution in [-0.2, 0) is 0 Å². The molecule has 0 saturated heterocycles. The van der Waals surface area contributed by atoms with Gasteiger partial charge in [0.2, 0.25) is 0 Å². The maximum absolute atomic E-state index is 12.5. The second kappa shape index (κ2) is 3.90. The molecule has 1 rings (SSSR count). The van der Waals surface area contributed by atoms with Crippen LogP contribution in [0.5, 0.6) is 0 Å². The van der Waals surface area contributed by atoms with E-state index in [1.54, 1.807) is 12.1 Å². The highest BCUT2D eigenvalue weighted by atomic mass is 19.1. The summed E-state index contributed by atoms with van der Waals surface area (Å²) in [5.41, 5.74) is 7.27. The topological polar surface area (TPSA) is 26.0 Å². The highest BCUT2D eigenvalue weighted by Gasteiger charge is 1.94. The first-order valence-electron chi connectivity index (χ1n) is 3.95. The van der Waals surface area contributed by atoms with E-state index in [1.165, 1.54) is 12.1 Å². The summed E-state index contributed by atoms with van der Waals surface area (Å²) in [6.07, 6.45) is 2.80. The van der Waals surface area contributed by atoms with Crippen LogP contribution in [0.3, 0.4) is 0 Å². The van der Waals surface area contributed by atoms with Crippen LogP contribution in [0.2, 0.25) is 0 Å². The summed E-state index contributed by atoms with van der Waals surface area (Å²) in [6, 6.07) is 6.17. The van der Waals surface area contributed by atoms with Gasteiger partial charge in [-0.3, -0.25) is 0 Å². The molecule has 64 valence electrons. The van der Waals surface area contributed by atoms with E-state index >= 15 is 0 Å². The Labute approximate surface area is 71.7 Å². The Balaban J connectivity index is 2.89. The lowest BCUT2D eigenvalue weighted by Crippen LogP contribution is -1.95. The Morgan fingerprint density at radius 3 is 2.50 bits per heavy atom. The summed E-state index contributed by atoms with van der Waals surface area (Å²) in [6.45, 7) is 2.01. The molecule has 0 aliphatic carbocycles. The third-order valence-electron chi connectivity index (χ3n) is 1.60. The molecule has 0 aromatic heterocycles. The number of halogens is 1. The molecule has 0 heterocycles. The third kappa shape index (κ3) is 2.09. The first-order valence-corrected chi connectivity index (χ1v) is 3.95. The lowest BCUT2D eigenvalue weighted by Gasteiger charge is -1.99. The molecule has 1 nitrogen and oxygen atoms in total. The largest absolute Gasteiger partial charge is 0.399 e. The molecule has 0 atom stereocenters. The molecule has 0 unspecified atom stereocenters. The third-order valence-corrected chi connectivity index (χ3v) is 1.60. The number of nitrogens with two attached hydrogens (primary N) is 1. The van der Waals surface area contributed by atoms with Crippen molar-refractivity contribution in [3.05, 3.63) is 41.7 Å². The first-order chi connectivity index (χ1) is 5.74. The van der Waals surface area contributed by atoms with Crippen LogP contribution in [0, 0.1) is 5.82 Å². The highest BCUT2D eigenvalue weighted by Crippen LogP contribution is 2.09. The van der Waals surface area contributed by atoms with Crippen molar-refractivity contribution in [2.24, 2.45) is 5.73 Å². The van der Waals surface area contributed by atoms with Crippen molar-refractivity contribution < 1.29 is 4.39 Å². The first kappa shape index (κ1) is 8.78. The minimum Gasteiger partial charge on any atom is -0.399 e. The van der Waals surface area contributed by atoms with Gasteiger partial charge < -0.3 is 5.73 Å². The molecule has 2 heteroatoms. The summed E-state index contributed by atoms with van der Waals surface area (Å²) in [4.78, 5) is 0. The monoisotopic (exact) mass is 165 g/mol. The zero-order chi connectivity index (χ0) is 8.97. The Kier molecular flexibility index (Phi) is 2.86. The number of hydrogen-bond donors (Lipinski definition) is 1. The predicted octanol–water partition coefficient (Wildman–Crippen LogP) is 2.54. The van der Waals surface area contributed by atoms with Gasteiger partial charge >= 0.3 is 0 Å². The average molecular weight is 165 g/mol. The maximum atomic E-state index is 12.5. The molecule has 1 aromatic carbocycles. The van der Waals surface area contributed by atoms with Crippen molar-refractivity contribution in [1.82, 2.24) is 0 Å². The van der Waals surface area contributed by atoms with Crippen LogP contribution < -0.4 is 5.73 Å². The van der Waals surface area contributed by atoms with Gasteiger partial charge in [0, 0.05) is 5.70 Å². The zero-order valence-corrected chi connectivity index (χ0v) is 7.05. The van der Waals surface area contributed by atoms with Gasteiger partial charge in [-0.1, -0.05) is 25.1 Å². The van der Waals surface area contributed by atoms with Gasteiger partial charge in [-0.2, -0.15) is 0 Å². The van der Waals surface area contributed by atoms with Crippen molar-refractivity contribution in [3.63, 3.8) is 0 Å². The summed E-state index contributed by atoms with van der Waals surface area (Å²) < 4.78 is 12.5. The van der Waals surface area contributed by atoms with Crippen molar-refractivity contribution in [3.8, 4) is 0 Å². The van der Waals surface area contributed by atoms with E-state index in [-0.39, 0.29) is 5.82 Å². The van der Waals surface area contributed by atoms with E-state index < -0.39 is 0 Å². The normalized spacial score (nSPS) is 11.7. The van der Waals surface area contributed by atoms with Gasteiger partial charge in [-0.05, 0) is 24.1 Å². The number of allylic oxidation sites excluding steroid dienone is 1. The van der Waals surface area contributed by atoms with Gasteiger partial charge in [0.05, 0.1) is 0 Å². The highest BCUT2D eigenvalue weighted by molar-refractivity contribution is 5.62. The van der Waals surface area contributed by atoms with Crippen LogP contribution in [0.15, 0.2) is 30.3 Å². The van der Waals surface area contributed by atoms with Gasteiger partial charge in [0.1, 0.15) is 5.82 Å². The van der Waals surface area contributed by atoms with Crippen molar-refractivity contribution in [2.75, 3.05) is 0 Å². The Morgan fingerprint density at radius 1 is 1.42 bits per heavy atom. The molecule has 2 N–H and O–H groups in total. The van der Waals surface area contributed by atoms with Crippen molar-refractivity contribution >= 4 is 5.70 Å². The average Bonchev–Trinajstić information content (AvgIpc) is 2.06. The Hall–Kier alpha value is -1.31. The summed E-state index contributed by atoms with van der Waals surface area (Å²) in [5, 5.41) is 0. The molecule has 0 aliphatic heterocycles. The molecular weight excluding hydrogens is 153 g/mol. The molecule has 0 fully saturated rings. The van der Waals surface area contributed by atoms with E-state index in [1.807, 2.05) is 13.0 Å². The van der Waals surface area contributed by atoms with Crippen molar-refractivity contribution in [1.29, 1.82) is 0 Å². The van der Waals surface area contributed by atoms with Crippen LogP contribution in [0.1, 0.15) is 18.9 Å². The molecule has 0 saturated carbocycles. The molecule has 0 radical (unpaired) electrons. The minimum absolute atomic E-state index is 0.233. The maximum Gasteiger partial charge on any atom is 0.123 e. The summed E-state index contributed by atoms with van der Waals surface area (Å²) in [7, 11) is 0. The summed E-state index contributed by atoms with van der Waals surface area (Å²) >= 11 is 0. The number of hydrogen-bond acceptors (Lipinski definition) is 1. The molecular formula is C10H12FN. The fourth-order valence-corrected chi connectivity index (χ4v) is 0.980. The molecule has 12 heavy (non-hydrogen) atoms. The van der Waals surface area contributed by atoms with E-state index in [9.17, 15) is 4.39 Å². The van der Waals surface area contributed by atoms with Gasteiger partial charge in [-0.15, -0.1) is 0 Å². The fraction of sp³-hybridized carbons (Fsp3) is 0.200. The van der Waals surface area contributed by atoms with Crippen molar-refractivity contribution in [2.45, 2.75) is 13.3 Å². The van der Waals surface area contributed by atoms with Gasteiger partial charge in [-0.25, -0.2) is 4.39 Å². The van der Waals surface area contributed by atoms with Crippen LogP contribution in [-0.4, -0.2) is 0 Å². The van der Waals surface area contributed by atoms with E-state index in [0.29, 0.717) is 5.70 Å². The second-order valence-electron chi connectivity index (χ2n) is 2.57. The van der Waals surface area contributed by atoms with Gasteiger partial charge in [0.25, 0.3) is 0 Å². The molecule has 0 bridgehead atoms. The Bertz CT molecular complexity index is 274. The lowest BCUT2D eigenvalue weighted by molar-refractivity contribution is 0.627. The summed E-state index contributed by atoms with van der Waals surface area (Å²) in [5.74, 6) is -0.233. The smallest absolute Gasteiger partial charge is 0.123 e. The van der Waals surface area contributed by atoms with Crippen LogP contribution in [0.25, 0.3) is 5.70 Å². The lowest BCUT2D eigenvalue weighted by atomic mass is 10.1.